The van der Waals surface area contributed by atoms with Gasteiger partial charge in [0.25, 0.3) is 5.69 Å². The highest BCUT2D eigenvalue weighted by atomic mass is 35.5. The Balaban J connectivity index is 3.45. The van der Waals surface area contributed by atoms with Gasteiger partial charge in [0.15, 0.2) is 5.78 Å². The predicted octanol–water partition coefficient (Wildman–Crippen LogP) is 2.68. The van der Waals surface area contributed by atoms with Crippen molar-refractivity contribution in [3.8, 4) is 5.75 Å². The largest absolute Gasteiger partial charge is 0.496 e. The molecule has 1 aromatic carbocycles. The first kappa shape index (κ1) is 12.7. The highest BCUT2D eigenvalue weighted by Gasteiger charge is 2.24. The second-order valence-corrected chi connectivity index (χ2v) is 3.49. The number of benzene rings is 1. The van der Waals surface area contributed by atoms with Crippen LogP contribution in [0.2, 0.25) is 5.02 Å². The lowest BCUT2D eigenvalue weighted by Gasteiger charge is -2.05. The van der Waals surface area contributed by atoms with Gasteiger partial charge in [-0.3, -0.25) is 14.9 Å². The Kier molecular flexibility index (Phi) is 4.09. The van der Waals surface area contributed by atoms with E-state index >= 15 is 0 Å². The number of halogens is 2. The summed E-state index contributed by atoms with van der Waals surface area (Å²) >= 11 is 11.1. The van der Waals surface area contributed by atoms with Crippen molar-refractivity contribution >= 4 is 34.7 Å². The first-order chi connectivity index (χ1) is 7.51. The molecule has 0 heterocycles. The van der Waals surface area contributed by atoms with Gasteiger partial charge in [-0.15, -0.1) is 11.6 Å². The topological polar surface area (TPSA) is 69.4 Å². The Labute approximate surface area is 101 Å². The number of Topliss-reactive ketones (excluding diaryl/α,β-unsaturated/α-hetero) is 1. The standard InChI is InChI=1S/C9H7Cl2NO4/c1-16-5-2-6(11)9(8(13)4-10)7(3-5)12(14)15/h2-3H,4H2,1H3. The molecular formula is C9H7Cl2NO4. The van der Waals surface area contributed by atoms with Gasteiger partial charge in [0, 0.05) is 0 Å². The molecule has 0 saturated heterocycles. The van der Waals surface area contributed by atoms with Gasteiger partial charge in [0.2, 0.25) is 0 Å². The maximum absolute atomic E-state index is 11.4. The second-order valence-electron chi connectivity index (χ2n) is 2.82. The zero-order chi connectivity index (χ0) is 12.3. The number of hydrogen-bond donors (Lipinski definition) is 0. The van der Waals surface area contributed by atoms with Crippen LogP contribution in [0.3, 0.4) is 0 Å². The SMILES string of the molecule is COc1cc(Cl)c(C(=O)CCl)c([N+](=O)[O-])c1. The molecule has 0 bridgehead atoms. The summed E-state index contributed by atoms with van der Waals surface area (Å²) in [4.78, 5) is 21.5. The number of nitro benzene ring substituents is 1. The first-order valence-electron chi connectivity index (χ1n) is 4.12. The summed E-state index contributed by atoms with van der Waals surface area (Å²) < 4.78 is 4.82. The number of alkyl halides is 1. The van der Waals surface area contributed by atoms with Crippen molar-refractivity contribution in [2.75, 3.05) is 13.0 Å². The van der Waals surface area contributed by atoms with Crippen LogP contribution in [0.4, 0.5) is 5.69 Å². The number of nitro groups is 1. The number of ketones is 1. The molecule has 5 nitrogen and oxygen atoms in total. The molecule has 0 aromatic heterocycles. The Morgan fingerprint density at radius 1 is 1.56 bits per heavy atom. The number of rotatable bonds is 4. The smallest absolute Gasteiger partial charge is 0.285 e. The van der Waals surface area contributed by atoms with E-state index in [-0.39, 0.29) is 22.2 Å². The molecule has 7 heteroatoms. The van der Waals surface area contributed by atoms with Crippen molar-refractivity contribution in [3.05, 3.63) is 32.8 Å². The second kappa shape index (κ2) is 5.14. The maximum atomic E-state index is 11.4. The van der Waals surface area contributed by atoms with Crippen molar-refractivity contribution in [1.29, 1.82) is 0 Å². The van der Waals surface area contributed by atoms with Crippen LogP contribution in [-0.4, -0.2) is 23.7 Å². The van der Waals surface area contributed by atoms with Crippen molar-refractivity contribution in [2.45, 2.75) is 0 Å². The molecular weight excluding hydrogens is 257 g/mol. The number of methoxy groups -OCH3 is 1. The minimum atomic E-state index is -0.700. The van der Waals surface area contributed by atoms with Crippen LogP contribution in [-0.2, 0) is 0 Å². The Morgan fingerprint density at radius 2 is 2.19 bits per heavy atom. The molecule has 1 rings (SSSR count). The van der Waals surface area contributed by atoms with Crippen molar-refractivity contribution in [3.63, 3.8) is 0 Å². The maximum Gasteiger partial charge on any atom is 0.285 e. The normalized spacial score (nSPS) is 9.94. The quantitative estimate of drug-likeness (QED) is 0.363. The van der Waals surface area contributed by atoms with Crippen LogP contribution < -0.4 is 4.74 Å². The Hall–Kier alpha value is -1.33. The molecule has 0 amide bonds. The summed E-state index contributed by atoms with van der Waals surface area (Å²) in [5, 5.41) is 10.7. The van der Waals surface area contributed by atoms with Gasteiger partial charge < -0.3 is 4.74 Å². The van der Waals surface area contributed by atoms with Gasteiger partial charge >= 0.3 is 0 Å². The van der Waals surface area contributed by atoms with Crippen LogP contribution in [0.5, 0.6) is 5.75 Å². The zero-order valence-corrected chi connectivity index (χ0v) is 9.71. The van der Waals surface area contributed by atoms with Crippen LogP contribution in [0.1, 0.15) is 10.4 Å². The average Bonchev–Trinajstić information content (AvgIpc) is 2.26. The first-order valence-corrected chi connectivity index (χ1v) is 5.03. The van der Waals surface area contributed by atoms with Crippen molar-refractivity contribution < 1.29 is 14.5 Å². The molecule has 0 saturated carbocycles. The third-order valence-electron chi connectivity index (χ3n) is 1.88. The van der Waals surface area contributed by atoms with E-state index in [1.807, 2.05) is 0 Å². The Morgan fingerprint density at radius 3 is 2.62 bits per heavy atom. The van der Waals surface area contributed by atoms with E-state index in [4.69, 9.17) is 27.9 Å². The number of carbonyl (C=O) groups excluding carboxylic acids is 1. The van der Waals surface area contributed by atoms with Gasteiger partial charge in [0.05, 0.1) is 29.0 Å². The zero-order valence-electron chi connectivity index (χ0n) is 8.20. The summed E-state index contributed by atoms with van der Waals surface area (Å²) in [7, 11) is 1.35. The fourth-order valence-corrected chi connectivity index (χ4v) is 1.62. The molecule has 0 aliphatic heterocycles. The predicted molar refractivity (Wildman–Crippen MR) is 59.7 cm³/mol. The van der Waals surface area contributed by atoms with E-state index in [0.29, 0.717) is 0 Å². The van der Waals surface area contributed by atoms with E-state index in [1.165, 1.54) is 13.2 Å². The van der Waals surface area contributed by atoms with Crippen LogP contribution >= 0.6 is 23.2 Å². The number of hydrogen-bond acceptors (Lipinski definition) is 4. The molecule has 0 N–H and O–H groups in total. The van der Waals surface area contributed by atoms with Gasteiger partial charge in [-0.2, -0.15) is 0 Å². The molecule has 0 atom stereocenters. The summed E-state index contributed by atoms with van der Waals surface area (Å²) in [6.07, 6.45) is 0. The van der Waals surface area contributed by atoms with E-state index in [2.05, 4.69) is 0 Å². The summed E-state index contributed by atoms with van der Waals surface area (Å²) in [6, 6.07) is 2.46. The van der Waals surface area contributed by atoms with E-state index in [1.54, 1.807) is 0 Å². The van der Waals surface area contributed by atoms with Crippen molar-refractivity contribution in [1.82, 2.24) is 0 Å². The molecule has 16 heavy (non-hydrogen) atoms. The lowest BCUT2D eigenvalue weighted by molar-refractivity contribution is -0.385. The molecule has 0 fully saturated rings. The third-order valence-corrected chi connectivity index (χ3v) is 2.42. The van der Waals surface area contributed by atoms with E-state index in [9.17, 15) is 14.9 Å². The fourth-order valence-electron chi connectivity index (χ4n) is 1.17. The fraction of sp³-hybridized carbons (Fsp3) is 0.222. The van der Waals surface area contributed by atoms with Crippen molar-refractivity contribution in [2.24, 2.45) is 0 Å². The van der Waals surface area contributed by atoms with Gasteiger partial charge in [0.1, 0.15) is 11.3 Å². The molecule has 0 radical (unpaired) electrons. The van der Waals surface area contributed by atoms with E-state index < -0.39 is 16.4 Å². The highest BCUT2D eigenvalue weighted by molar-refractivity contribution is 6.38. The van der Waals surface area contributed by atoms with Crippen LogP contribution in [0.25, 0.3) is 0 Å². The molecule has 86 valence electrons. The summed E-state index contributed by atoms with van der Waals surface area (Å²) in [6.45, 7) is 0. The lowest BCUT2D eigenvalue weighted by atomic mass is 10.1. The Bertz CT molecular complexity index is 447. The van der Waals surface area contributed by atoms with Crippen LogP contribution in [0.15, 0.2) is 12.1 Å². The van der Waals surface area contributed by atoms with Crippen LogP contribution in [0, 0.1) is 10.1 Å². The number of nitrogens with zero attached hydrogens (tertiary/aromatic N) is 1. The number of carbonyl (C=O) groups is 1. The van der Waals surface area contributed by atoms with Gasteiger partial charge in [-0.25, -0.2) is 0 Å². The monoisotopic (exact) mass is 263 g/mol. The molecule has 0 spiro atoms. The summed E-state index contributed by atoms with van der Waals surface area (Å²) in [5.74, 6) is -0.753. The average molecular weight is 264 g/mol. The molecule has 0 aliphatic rings. The van der Waals surface area contributed by atoms with E-state index in [0.717, 1.165) is 6.07 Å². The molecule has 0 unspecified atom stereocenters. The molecule has 0 aliphatic carbocycles. The van der Waals surface area contributed by atoms with Gasteiger partial charge in [-0.1, -0.05) is 11.6 Å². The highest BCUT2D eigenvalue weighted by Crippen LogP contribution is 2.32. The minimum absolute atomic E-state index is 0.0447. The number of ether oxygens (including phenoxy) is 1. The third kappa shape index (κ3) is 2.43. The lowest BCUT2D eigenvalue weighted by Crippen LogP contribution is -2.06. The minimum Gasteiger partial charge on any atom is -0.496 e. The summed E-state index contributed by atoms with van der Waals surface area (Å²) in [5.41, 5.74) is -0.600. The molecule has 1 aromatic rings. The van der Waals surface area contributed by atoms with Gasteiger partial charge in [-0.05, 0) is 6.07 Å².